The molecule has 0 spiro atoms. The van der Waals surface area contributed by atoms with Crippen LogP contribution in [0.25, 0.3) is 0 Å². The number of nitrogens with zero attached hydrogens (tertiary/aromatic N) is 2. The highest BCUT2D eigenvalue weighted by atomic mass is 16.5. The van der Waals surface area contributed by atoms with E-state index in [1.807, 2.05) is 37.4 Å². The Balaban J connectivity index is 1.54. The second-order valence-electron chi connectivity index (χ2n) is 6.62. The lowest BCUT2D eigenvalue weighted by Crippen LogP contribution is -2.40. The van der Waals surface area contributed by atoms with E-state index in [9.17, 15) is 4.79 Å². The number of hydrogen-bond acceptors (Lipinski definition) is 4. The Kier molecular flexibility index (Phi) is 9.65. The maximum atomic E-state index is 12.2. The van der Waals surface area contributed by atoms with Crippen LogP contribution in [0.4, 0.5) is 0 Å². The summed E-state index contributed by atoms with van der Waals surface area (Å²) in [6.45, 7) is 4.17. The Hall–Kier alpha value is -2.12. The Morgan fingerprint density at radius 2 is 2.07 bits per heavy atom. The molecule has 1 aliphatic rings. The quantitative estimate of drug-likeness (QED) is 0.367. The van der Waals surface area contributed by atoms with Crippen molar-refractivity contribution in [3.8, 4) is 0 Å². The maximum absolute atomic E-state index is 12.2. The molecule has 2 rings (SSSR count). The van der Waals surface area contributed by atoms with Gasteiger partial charge in [0.25, 0.3) is 0 Å². The number of aliphatic imine (C=N–C) groups is 1. The van der Waals surface area contributed by atoms with Crippen LogP contribution in [0.2, 0.25) is 0 Å². The van der Waals surface area contributed by atoms with Crippen LogP contribution in [0.5, 0.6) is 0 Å². The fourth-order valence-corrected chi connectivity index (χ4v) is 2.82. The molecule has 1 atom stereocenters. The van der Waals surface area contributed by atoms with Crippen LogP contribution in [0.3, 0.4) is 0 Å². The van der Waals surface area contributed by atoms with Gasteiger partial charge in [0.1, 0.15) is 0 Å². The van der Waals surface area contributed by atoms with Gasteiger partial charge in [-0.25, -0.2) is 0 Å². The summed E-state index contributed by atoms with van der Waals surface area (Å²) in [5, 5.41) is 6.42. The average Bonchev–Trinajstić information content (AvgIpc) is 3.20. The van der Waals surface area contributed by atoms with Crippen LogP contribution in [-0.2, 0) is 20.8 Å². The lowest BCUT2D eigenvalue weighted by molar-refractivity contribution is -0.130. The molecule has 1 unspecified atom stereocenters. The van der Waals surface area contributed by atoms with Gasteiger partial charge in [-0.2, -0.15) is 0 Å². The first-order valence-corrected chi connectivity index (χ1v) is 9.61. The molecule has 7 heteroatoms. The molecule has 1 aromatic rings. The van der Waals surface area contributed by atoms with Gasteiger partial charge in [-0.1, -0.05) is 30.3 Å². The molecule has 0 saturated carbocycles. The number of nitrogens with one attached hydrogen (secondary N) is 2. The van der Waals surface area contributed by atoms with Crippen LogP contribution >= 0.6 is 0 Å². The molecule has 1 amide bonds. The molecule has 1 heterocycles. The summed E-state index contributed by atoms with van der Waals surface area (Å²) >= 11 is 0. The van der Waals surface area contributed by atoms with Crippen LogP contribution in [0.1, 0.15) is 24.8 Å². The number of guanidine groups is 1. The normalized spacial score (nSPS) is 17.0. The van der Waals surface area contributed by atoms with Gasteiger partial charge in [0.05, 0.1) is 12.7 Å². The van der Waals surface area contributed by atoms with Crippen LogP contribution in [0, 0.1) is 0 Å². The highest BCUT2D eigenvalue weighted by Crippen LogP contribution is 2.08. The predicted octanol–water partition coefficient (Wildman–Crippen LogP) is 1.40. The zero-order valence-electron chi connectivity index (χ0n) is 16.4. The number of carbonyl (C=O) groups excluding carboxylic acids is 1. The van der Waals surface area contributed by atoms with Crippen molar-refractivity contribution < 1.29 is 14.3 Å². The van der Waals surface area contributed by atoms with Crippen molar-refractivity contribution in [2.75, 3.05) is 47.0 Å². The molecule has 7 nitrogen and oxygen atoms in total. The van der Waals surface area contributed by atoms with Crippen LogP contribution in [-0.4, -0.2) is 69.9 Å². The van der Waals surface area contributed by atoms with E-state index in [4.69, 9.17) is 9.47 Å². The average molecular weight is 377 g/mol. The molecule has 0 bridgehead atoms. The third kappa shape index (κ3) is 8.41. The lowest BCUT2D eigenvalue weighted by atomic mass is 10.2. The van der Waals surface area contributed by atoms with E-state index in [-0.39, 0.29) is 12.0 Å². The first-order valence-electron chi connectivity index (χ1n) is 9.61. The summed E-state index contributed by atoms with van der Waals surface area (Å²) < 4.78 is 11.0. The van der Waals surface area contributed by atoms with Gasteiger partial charge >= 0.3 is 0 Å². The SMILES string of the molecule is CN=C(NCCCOC1CCOC1)NCCC(=O)N(C)Cc1ccccc1. The van der Waals surface area contributed by atoms with E-state index in [2.05, 4.69) is 15.6 Å². The first kappa shape index (κ1) is 21.2. The highest BCUT2D eigenvalue weighted by Gasteiger charge is 2.15. The molecule has 0 aliphatic carbocycles. The van der Waals surface area contributed by atoms with Gasteiger partial charge < -0.3 is 25.0 Å². The largest absolute Gasteiger partial charge is 0.379 e. The van der Waals surface area contributed by atoms with Gasteiger partial charge in [-0.05, 0) is 18.4 Å². The summed E-state index contributed by atoms with van der Waals surface area (Å²) in [6.07, 6.45) is 2.56. The third-order valence-electron chi connectivity index (χ3n) is 4.40. The summed E-state index contributed by atoms with van der Waals surface area (Å²) in [7, 11) is 3.56. The predicted molar refractivity (Wildman–Crippen MR) is 107 cm³/mol. The van der Waals surface area contributed by atoms with Crippen LogP contribution in [0.15, 0.2) is 35.3 Å². The number of rotatable bonds is 10. The van der Waals surface area contributed by atoms with Gasteiger partial charge in [0.15, 0.2) is 5.96 Å². The van der Waals surface area contributed by atoms with Crippen molar-refractivity contribution in [2.45, 2.75) is 31.9 Å². The Labute approximate surface area is 162 Å². The van der Waals surface area contributed by atoms with E-state index in [0.29, 0.717) is 38.7 Å². The number of hydrogen-bond donors (Lipinski definition) is 2. The number of carbonyl (C=O) groups is 1. The fraction of sp³-hybridized carbons (Fsp3) is 0.600. The Morgan fingerprint density at radius 3 is 2.78 bits per heavy atom. The minimum absolute atomic E-state index is 0.106. The van der Waals surface area contributed by atoms with Gasteiger partial charge in [0, 0.05) is 53.4 Å². The zero-order chi connectivity index (χ0) is 19.3. The van der Waals surface area contributed by atoms with E-state index < -0.39 is 0 Å². The topological polar surface area (TPSA) is 75.2 Å². The second kappa shape index (κ2) is 12.3. The minimum Gasteiger partial charge on any atom is -0.379 e. The minimum atomic E-state index is 0.106. The van der Waals surface area contributed by atoms with E-state index in [0.717, 1.165) is 31.6 Å². The molecule has 1 fully saturated rings. The van der Waals surface area contributed by atoms with E-state index >= 15 is 0 Å². The van der Waals surface area contributed by atoms with Crippen molar-refractivity contribution in [1.29, 1.82) is 0 Å². The van der Waals surface area contributed by atoms with Crippen molar-refractivity contribution in [1.82, 2.24) is 15.5 Å². The fourth-order valence-electron chi connectivity index (χ4n) is 2.82. The summed E-state index contributed by atoms with van der Waals surface area (Å²) in [5.74, 6) is 0.812. The molecule has 2 N–H and O–H groups in total. The first-order chi connectivity index (χ1) is 13.2. The monoisotopic (exact) mass is 376 g/mol. The van der Waals surface area contributed by atoms with Gasteiger partial charge in [-0.15, -0.1) is 0 Å². The molecule has 1 aromatic carbocycles. The van der Waals surface area contributed by atoms with Crippen molar-refractivity contribution >= 4 is 11.9 Å². The molecule has 27 heavy (non-hydrogen) atoms. The molecule has 0 radical (unpaired) electrons. The molecule has 0 aromatic heterocycles. The second-order valence-corrected chi connectivity index (χ2v) is 6.62. The molecule has 150 valence electrons. The van der Waals surface area contributed by atoms with Crippen LogP contribution < -0.4 is 10.6 Å². The zero-order valence-corrected chi connectivity index (χ0v) is 16.4. The maximum Gasteiger partial charge on any atom is 0.224 e. The van der Waals surface area contributed by atoms with E-state index in [1.54, 1.807) is 11.9 Å². The van der Waals surface area contributed by atoms with Crippen molar-refractivity contribution in [3.05, 3.63) is 35.9 Å². The molecule has 1 saturated heterocycles. The number of amides is 1. The van der Waals surface area contributed by atoms with E-state index in [1.165, 1.54) is 0 Å². The summed E-state index contributed by atoms with van der Waals surface area (Å²) in [5.41, 5.74) is 1.13. The summed E-state index contributed by atoms with van der Waals surface area (Å²) in [6, 6.07) is 9.99. The molecule has 1 aliphatic heterocycles. The molecular weight excluding hydrogens is 344 g/mol. The summed E-state index contributed by atoms with van der Waals surface area (Å²) in [4.78, 5) is 18.2. The van der Waals surface area contributed by atoms with Crippen molar-refractivity contribution in [2.24, 2.45) is 4.99 Å². The van der Waals surface area contributed by atoms with Crippen molar-refractivity contribution in [3.63, 3.8) is 0 Å². The Morgan fingerprint density at radius 1 is 1.30 bits per heavy atom. The lowest BCUT2D eigenvalue weighted by Gasteiger charge is -2.18. The highest BCUT2D eigenvalue weighted by molar-refractivity contribution is 5.81. The van der Waals surface area contributed by atoms with Gasteiger partial charge in [0.2, 0.25) is 5.91 Å². The standard InChI is InChI=1S/C20H32N4O3/c1-21-20(22-11-6-13-27-18-10-14-26-16-18)23-12-9-19(25)24(2)15-17-7-4-3-5-8-17/h3-5,7-8,18H,6,9-16H2,1-2H3,(H2,21,22,23). The number of ether oxygens (including phenoxy) is 2. The van der Waals surface area contributed by atoms with Gasteiger partial charge in [-0.3, -0.25) is 9.79 Å². The Bertz CT molecular complexity index is 574. The smallest absolute Gasteiger partial charge is 0.224 e. The molecular formula is C20H32N4O3. The number of benzene rings is 1. The third-order valence-corrected chi connectivity index (χ3v) is 4.40.